The van der Waals surface area contributed by atoms with E-state index >= 15 is 0 Å². The van der Waals surface area contributed by atoms with E-state index in [-0.39, 0.29) is 16.4 Å². The first kappa shape index (κ1) is 36.9. The second-order valence-electron chi connectivity index (χ2n) is 16.4. The monoisotopic (exact) mass is 757 g/mol. The molecule has 0 N–H and O–H groups in total. The van der Waals surface area contributed by atoms with Crippen LogP contribution in [0, 0.1) is 11.3 Å². The molecule has 56 heavy (non-hydrogen) atoms. The van der Waals surface area contributed by atoms with Gasteiger partial charge in [-0.1, -0.05) is 96.1 Å². The van der Waals surface area contributed by atoms with E-state index in [0.29, 0.717) is 34.5 Å². The lowest BCUT2D eigenvalue weighted by Crippen LogP contribution is -2.15. The van der Waals surface area contributed by atoms with Crippen LogP contribution in [0.1, 0.15) is 69.4 Å². The summed E-state index contributed by atoms with van der Waals surface area (Å²) in [5, 5.41) is 14.2. The molecule has 0 aliphatic heterocycles. The number of alkyl halides is 6. The third-order valence-electron chi connectivity index (χ3n) is 10.7. The van der Waals surface area contributed by atoms with Crippen molar-refractivity contribution in [1.82, 2.24) is 9.13 Å². The van der Waals surface area contributed by atoms with Crippen molar-refractivity contribution < 1.29 is 26.3 Å². The van der Waals surface area contributed by atoms with Crippen LogP contribution in [-0.4, -0.2) is 9.13 Å². The number of hydrogen-bond acceptors (Lipinski definition) is 1. The van der Waals surface area contributed by atoms with E-state index in [1.54, 1.807) is 0 Å². The molecule has 0 aliphatic carbocycles. The molecule has 9 heteroatoms. The van der Waals surface area contributed by atoms with E-state index in [2.05, 4.69) is 53.7 Å². The molecule has 8 rings (SSSR count). The number of halogens is 6. The first-order valence-electron chi connectivity index (χ1n) is 18.2. The Kier molecular flexibility index (Phi) is 8.25. The van der Waals surface area contributed by atoms with Gasteiger partial charge in [-0.05, 0) is 82.6 Å². The quantitative estimate of drug-likeness (QED) is 0.165. The predicted octanol–water partition coefficient (Wildman–Crippen LogP) is 14.1. The number of fused-ring (bicyclic) bond motifs is 6. The smallest absolute Gasteiger partial charge is 0.307 e. The average Bonchev–Trinajstić information content (AvgIpc) is 3.64. The van der Waals surface area contributed by atoms with Gasteiger partial charge in [-0.15, -0.1) is 0 Å². The molecule has 0 unspecified atom stereocenters. The predicted molar refractivity (Wildman–Crippen MR) is 213 cm³/mol. The van der Waals surface area contributed by atoms with Gasteiger partial charge >= 0.3 is 12.4 Å². The molecule has 0 saturated heterocycles. The van der Waals surface area contributed by atoms with Gasteiger partial charge in [-0.25, -0.2) is 0 Å². The highest BCUT2D eigenvalue weighted by Gasteiger charge is 2.42. The van der Waals surface area contributed by atoms with Gasteiger partial charge in [0.05, 0.1) is 56.2 Å². The summed E-state index contributed by atoms with van der Waals surface area (Å²) in [6, 6.07) is 34.3. The molecule has 6 aromatic carbocycles. The maximum atomic E-state index is 14.8. The Bertz CT molecular complexity index is 2890. The van der Waals surface area contributed by atoms with Crippen molar-refractivity contribution in [3.8, 4) is 28.6 Å². The van der Waals surface area contributed by atoms with Crippen LogP contribution >= 0.6 is 0 Å². The van der Waals surface area contributed by atoms with Crippen molar-refractivity contribution in [2.24, 2.45) is 0 Å². The second kappa shape index (κ2) is 12.5. The lowest BCUT2D eigenvalue weighted by atomic mass is 9.86. The third-order valence-corrected chi connectivity index (χ3v) is 10.7. The minimum atomic E-state index is -5.16. The largest absolute Gasteiger partial charge is 0.417 e. The number of aromatic nitrogens is 2. The standard InChI is InChI=1S/C47H37F6N3/c1-44(2,3)28-18-20-39-33(23-28)30-12-7-9-16-37(30)55(39)41-22-27(26-54)32(43-35(46(48,49)50)14-11-15-36(43)47(51,52)53)25-42(41)56-38-17-10-8-13-31(38)34-24-29(45(4,5)6)19-21-40(34)56/h7-25H,1-6H3. The first-order chi connectivity index (χ1) is 26.3. The summed E-state index contributed by atoms with van der Waals surface area (Å²) in [5.41, 5.74) is 0.523. The van der Waals surface area contributed by atoms with Crippen molar-refractivity contribution in [1.29, 1.82) is 5.26 Å². The molecule has 3 nitrogen and oxygen atoms in total. The van der Waals surface area contributed by atoms with Gasteiger partial charge in [0.1, 0.15) is 0 Å². The zero-order valence-corrected chi connectivity index (χ0v) is 31.6. The molecule has 0 spiro atoms. The van der Waals surface area contributed by atoms with Crippen molar-refractivity contribution in [2.75, 3.05) is 0 Å². The van der Waals surface area contributed by atoms with Gasteiger partial charge in [-0.3, -0.25) is 0 Å². The van der Waals surface area contributed by atoms with Crippen LogP contribution in [0.15, 0.2) is 115 Å². The molecule has 0 atom stereocenters. The van der Waals surface area contributed by atoms with Crippen molar-refractivity contribution in [2.45, 2.75) is 64.7 Å². The summed E-state index contributed by atoms with van der Waals surface area (Å²) in [5.74, 6) is 0. The molecule has 2 aromatic heterocycles. The number of rotatable bonds is 3. The van der Waals surface area contributed by atoms with E-state index in [1.807, 2.05) is 88.0 Å². The van der Waals surface area contributed by atoms with E-state index in [9.17, 15) is 31.6 Å². The van der Waals surface area contributed by atoms with Gasteiger partial charge in [0.25, 0.3) is 0 Å². The molecule has 0 amide bonds. The number of benzene rings is 6. The molecule has 0 radical (unpaired) electrons. The number of para-hydroxylation sites is 2. The van der Waals surface area contributed by atoms with Crippen LogP contribution in [0.4, 0.5) is 26.3 Å². The third kappa shape index (κ3) is 5.90. The SMILES string of the molecule is CC(C)(C)c1ccc2c(c1)c1ccccc1n2-c1cc(C#N)c(-c2c(C(F)(F)F)cccc2C(F)(F)F)cc1-n1c2ccccc2c2cc(C(C)(C)C)ccc21. The van der Waals surface area contributed by atoms with Crippen LogP contribution in [-0.2, 0) is 23.2 Å². The summed E-state index contributed by atoms with van der Waals surface area (Å²) in [4.78, 5) is 0. The van der Waals surface area contributed by atoms with Gasteiger partial charge in [0.15, 0.2) is 0 Å². The molecular formula is C47H37F6N3. The van der Waals surface area contributed by atoms with E-state index in [4.69, 9.17) is 0 Å². The number of nitrogens with zero attached hydrogens (tertiary/aromatic N) is 3. The van der Waals surface area contributed by atoms with E-state index < -0.39 is 34.6 Å². The summed E-state index contributed by atoms with van der Waals surface area (Å²) < 4.78 is 92.5. The van der Waals surface area contributed by atoms with Crippen molar-refractivity contribution in [3.63, 3.8) is 0 Å². The Morgan fingerprint density at radius 2 is 0.875 bits per heavy atom. The average molecular weight is 758 g/mol. The summed E-state index contributed by atoms with van der Waals surface area (Å²) in [6.07, 6.45) is -10.3. The highest BCUT2D eigenvalue weighted by atomic mass is 19.4. The summed E-state index contributed by atoms with van der Waals surface area (Å²) in [6.45, 7) is 12.6. The second-order valence-corrected chi connectivity index (χ2v) is 16.4. The topological polar surface area (TPSA) is 33.6 Å². The van der Waals surface area contributed by atoms with E-state index in [1.165, 1.54) is 12.1 Å². The fraction of sp³-hybridized carbons (Fsp3) is 0.213. The molecule has 2 heterocycles. The zero-order chi connectivity index (χ0) is 40.1. The first-order valence-corrected chi connectivity index (χ1v) is 18.2. The normalized spacial score (nSPS) is 13.0. The molecule has 0 saturated carbocycles. The minimum Gasteiger partial charge on any atom is -0.307 e. The Morgan fingerprint density at radius 3 is 1.29 bits per heavy atom. The Morgan fingerprint density at radius 1 is 0.464 bits per heavy atom. The Hall–Kier alpha value is -6.01. The minimum absolute atomic E-state index is 0.185. The Labute approximate surface area is 320 Å². The van der Waals surface area contributed by atoms with Crippen LogP contribution < -0.4 is 0 Å². The fourth-order valence-corrected chi connectivity index (χ4v) is 7.95. The van der Waals surface area contributed by atoms with Crippen molar-refractivity contribution in [3.05, 3.63) is 143 Å². The molecule has 0 fully saturated rings. The van der Waals surface area contributed by atoms with Crippen LogP contribution in [0.2, 0.25) is 0 Å². The summed E-state index contributed by atoms with van der Waals surface area (Å²) in [7, 11) is 0. The maximum absolute atomic E-state index is 14.8. The van der Waals surface area contributed by atoms with Crippen LogP contribution in [0.3, 0.4) is 0 Å². The lowest BCUT2D eigenvalue weighted by Gasteiger charge is -2.23. The van der Waals surface area contributed by atoms with Gasteiger partial charge in [0.2, 0.25) is 0 Å². The zero-order valence-electron chi connectivity index (χ0n) is 31.6. The van der Waals surface area contributed by atoms with Gasteiger partial charge < -0.3 is 9.13 Å². The summed E-state index contributed by atoms with van der Waals surface area (Å²) >= 11 is 0. The number of hydrogen-bond donors (Lipinski definition) is 0. The Balaban J connectivity index is 1.60. The van der Waals surface area contributed by atoms with Gasteiger partial charge in [-0.2, -0.15) is 31.6 Å². The van der Waals surface area contributed by atoms with Gasteiger partial charge in [0, 0.05) is 32.7 Å². The molecule has 8 aromatic rings. The van der Waals surface area contributed by atoms with Crippen molar-refractivity contribution >= 4 is 43.6 Å². The molecule has 282 valence electrons. The molecular weight excluding hydrogens is 721 g/mol. The van der Waals surface area contributed by atoms with Crippen LogP contribution in [0.5, 0.6) is 0 Å². The lowest BCUT2D eigenvalue weighted by molar-refractivity contribution is -0.142. The highest BCUT2D eigenvalue weighted by Crippen LogP contribution is 2.48. The molecule has 0 bridgehead atoms. The maximum Gasteiger partial charge on any atom is 0.417 e. The molecule has 0 aliphatic rings. The highest BCUT2D eigenvalue weighted by molar-refractivity contribution is 6.12. The van der Waals surface area contributed by atoms with Crippen LogP contribution in [0.25, 0.3) is 66.1 Å². The van der Waals surface area contributed by atoms with E-state index in [0.717, 1.165) is 49.8 Å². The number of nitriles is 1. The fourth-order valence-electron chi connectivity index (χ4n) is 7.95.